The third-order valence-corrected chi connectivity index (χ3v) is 4.99. The summed E-state index contributed by atoms with van der Waals surface area (Å²) < 4.78 is 11.0. The number of rotatable bonds is 4. The number of nitrogens with zero attached hydrogens (tertiary/aromatic N) is 1. The van der Waals surface area contributed by atoms with Crippen LogP contribution in [0.25, 0.3) is 0 Å². The van der Waals surface area contributed by atoms with Crippen molar-refractivity contribution >= 4 is 5.91 Å². The van der Waals surface area contributed by atoms with Gasteiger partial charge in [0.1, 0.15) is 5.75 Å². The Morgan fingerprint density at radius 1 is 1.04 bits per heavy atom. The number of fused-ring (bicyclic) bond motifs is 1. The molecule has 0 saturated carbocycles. The molecule has 1 fully saturated rings. The fourth-order valence-corrected chi connectivity index (χ4v) is 3.51. The SMILES string of the molecule is O=C(NC1CCOc2ccccc21)c1ccc(CN2CCOCC2)cc1. The molecule has 2 aliphatic heterocycles. The summed E-state index contributed by atoms with van der Waals surface area (Å²) in [5.41, 5.74) is 2.97. The molecule has 0 radical (unpaired) electrons. The second-order valence-electron chi connectivity index (χ2n) is 6.79. The number of hydrogen-bond acceptors (Lipinski definition) is 4. The summed E-state index contributed by atoms with van der Waals surface area (Å²) in [6, 6.07) is 15.8. The normalized spacial score (nSPS) is 20.1. The number of amides is 1. The molecule has 136 valence electrons. The van der Waals surface area contributed by atoms with Gasteiger partial charge in [-0.3, -0.25) is 9.69 Å². The summed E-state index contributed by atoms with van der Waals surface area (Å²) in [5.74, 6) is 0.828. The van der Waals surface area contributed by atoms with E-state index < -0.39 is 0 Å². The Balaban J connectivity index is 1.39. The molecule has 4 rings (SSSR count). The van der Waals surface area contributed by atoms with Gasteiger partial charge in [-0.1, -0.05) is 30.3 Å². The van der Waals surface area contributed by atoms with Gasteiger partial charge in [-0.25, -0.2) is 0 Å². The van der Waals surface area contributed by atoms with E-state index in [0.29, 0.717) is 12.2 Å². The van der Waals surface area contributed by atoms with Crippen molar-refractivity contribution in [2.45, 2.75) is 19.0 Å². The van der Waals surface area contributed by atoms with Crippen molar-refractivity contribution < 1.29 is 14.3 Å². The molecule has 0 aromatic heterocycles. The highest BCUT2D eigenvalue weighted by atomic mass is 16.5. The molecular weight excluding hydrogens is 328 g/mol. The largest absolute Gasteiger partial charge is 0.493 e. The minimum Gasteiger partial charge on any atom is -0.493 e. The maximum Gasteiger partial charge on any atom is 0.251 e. The zero-order chi connectivity index (χ0) is 17.8. The van der Waals surface area contributed by atoms with E-state index in [4.69, 9.17) is 9.47 Å². The van der Waals surface area contributed by atoms with E-state index in [0.717, 1.165) is 50.6 Å². The third-order valence-electron chi connectivity index (χ3n) is 4.99. The van der Waals surface area contributed by atoms with E-state index in [2.05, 4.69) is 10.2 Å². The Labute approximate surface area is 153 Å². The molecule has 26 heavy (non-hydrogen) atoms. The smallest absolute Gasteiger partial charge is 0.251 e. The van der Waals surface area contributed by atoms with Crippen LogP contribution in [0.3, 0.4) is 0 Å². The fraction of sp³-hybridized carbons (Fsp3) is 0.381. The van der Waals surface area contributed by atoms with Crippen molar-refractivity contribution in [2.24, 2.45) is 0 Å². The van der Waals surface area contributed by atoms with Crippen molar-refractivity contribution in [1.82, 2.24) is 10.2 Å². The first-order chi connectivity index (χ1) is 12.8. The van der Waals surface area contributed by atoms with E-state index in [-0.39, 0.29) is 11.9 Å². The van der Waals surface area contributed by atoms with E-state index in [1.54, 1.807) is 0 Å². The Bertz CT molecular complexity index is 754. The Kier molecular flexibility index (Phi) is 5.18. The Morgan fingerprint density at radius 2 is 1.81 bits per heavy atom. The summed E-state index contributed by atoms with van der Waals surface area (Å²) >= 11 is 0. The standard InChI is InChI=1S/C21H24N2O3/c24-21(22-19-9-12-26-20-4-2-1-3-18(19)20)17-7-5-16(6-8-17)15-23-10-13-25-14-11-23/h1-8,19H,9-15H2,(H,22,24). The van der Waals surface area contributed by atoms with Gasteiger partial charge in [0.05, 0.1) is 25.9 Å². The first-order valence-corrected chi connectivity index (χ1v) is 9.21. The van der Waals surface area contributed by atoms with Crippen LogP contribution in [0.2, 0.25) is 0 Å². The maximum atomic E-state index is 12.6. The van der Waals surface area contributed by atoms with Crippen LogP contribution in [-0.2, 0) is 11.3 Å². The van der Waals surface area contributed by atoms with Gasteiger partial charge in [0.15, 0.2) is 0 Å². The van der Waals surface area contributed by atoms with Gasteiger partial charge in [0.2, 0.25) is 0 Å². The lowest BCUT2D eigenvalue weighted by Crippen LogP contribution is -2.35. The van der Waals surface area contributed by atoms with Crippen LogP contribution >= 0.6 is 0 Å². The number of nitrogens with one attached hydrogen (secondary N) is 1. The lowest BCUT2D eigenvalue weighted by molar-refractivity contribution is 0.0342. The molecule has 0 bridgehead atoms. The molecule has 1 amide bonds. The highest BCUT2D eigenvalue weighted by Gasteiger charge is 2.23. The van der Waals surface area contributed by atoms with Gasteiger partial charge in [-0.15, -0.1) is 0 Å². The molecule has 2 heterocycles. The monoisotopic (exact) mass is 352 g/mol. The molecule has 1 N–H and O–H groups in total. The zero-order valence-corrected chi connectivity index (χ0v) is 14.8. The van der Waals surface area contributed by atoms with E-state index in [1.807, 2.05) is 48.5 Å². The molecule has 1 unspecified atom stereocenters. The third kappa shape index (κ3) is 3.89. The number of ether oxygens (including phenoxy) is 2. The second kappa shape index (κ2) is 7.89. The first kappa shape index (κ1) is 17.1. The van der Waals surface area contributed by atoms with E-state index in [9.17, 15) is 4.79 Å². The molecule has 5 nitrogen and oxygen atoms in total. The van der Waals surface area contributed by atoms with Crippen molar-refractivity contribution in [1.29, 1.82) is 0 Å². The summed E-state index contributed by atoms with van der Waals surface area (Å²) in [4.78, 5) is 15.0. The average molecular weight is 352 g/mol. The number of carbonyl (C=O) groups excluding carboxylic acids is 1. The Morgan fingerprint density at radius 3 is 2.62 bits per heavy atom. The Hall–Kier alpha value is -2.37. The van der Waals surface area contributed by atoms with Crippen molar-refractivity contribution in [2.75, 3.05) is 32.9 Å². The fourth-order valence-electron chi connectivity index (χ4n) is 3.51. The van der Waals surface area contributed by atoms with Crippen LogP contribution in [0.4, 0.5) is 0 Å². The molecule has 1 saturated heterocycles. The van der Waals surface area contributed by atoms with Gasteiger partial charge in [-0.05, 0) is 23.8 Å². The lowest BCUT2D eigenvalue weighted by atomic mass is 10.00. The molecule has 0 spiro atoms. The van der Waals surface area contributed by atoms with Crippen LogP contribution in [0.5, 0.6) is 5.75 Å². The zero-order valence-electron chi connectivity index (χ0n) is 14.8. The quantitative estimate of drug-likeness (QED) is 0.919. The molecular formula is C21H24N2O3. The van der Waals surface area contributed by atoms with Crippen LogP contribution < -0.4 is 10.1 Å². The summed E-state index contributed by atoms with van der Waals surface area (Å²) in [5, 5.41) is 3.15. The minimum atomic E-state index is -0.0374. The predicted molar refractivity (Wildman–Crippen MR) is 99.3 cm³/mol. The van der Waals surface area contributed by atoms with Crippen LogP contribution in [0.1, 0.15) is 33.9 Å². The summed E-state index contributed by atoms with van der Waals surface area (Å²) in [7, 11) is 0. The van der Waals surface area contributed by atoms with Gasteiger partial charge in [-0.2, -0.15) is 0 Å². The summed E-state index contributed by atoms with van der Waals surface area (Å²) in [6.07, 6.45) is 0.790. The summed E-state index contributed by atoms with van der Waals surface area (Å²) in [6.45, 7) is 5.05. The number of benzene rings is 2. The number of para-hydroxylation sites is 1. The lowest BCUT2D eigenvalue weighted by Gasteiger charge is -2.27. The van der Waals surface area contributed by atoms with Crippen LogP contribution in [-0.4, -0.2) is 43.7 Å². The average Bonchev–Trinajstić information content (AvgIpc) is 2.70. The molecule has 2 aromatic carbocycles. The molecule has 5 heteroatoms. The van der Waals surface area contributed by atoms with Gasteiger partial charge in [0, 0.05) is 37.2 Å². The van der Waals surface area contributed by atoms with Crippen LogP contribution in [0, 0.1) is 0 Å². The van der Waals surface area contributed by atoms with Crippen LogP contribution in [0.15, 0.2) is 48.5 Å². The highest BCUT2D eigenvalue weighted by Crippen LogP contribution is 2.31. The van der Waals surface area contributed by atoms with Gasteiger partial charge in [0.25, 0.3) is 5.91 Å². The topological polar surface area (TPSA) is 50.8 Å². The first-order valence-electron chi connectivity index (χ1n) is 9.21. The van der Waals surface area contributed by atoms with E-state index >= 15 is 0 Å². The molecule has 2 aliphatic rings. The number of morpholine rings is 1. The van der Waals surface area contributed by atoms with Crippen molar-refractivity contribution in [3.63, 3.8) is 0 Å². The number of hydrogen-bond donors (Lipinski definition) is 1. The van der Waals surface area contributed by atoms with Gasteiger partial charge >= 0.3 is 0 Å². The highest BCUT2D eigenvalue weighted by molar-refractivity contribution is 5.94. The van der Waals surface area contributed by atoms with Crippen molar-refractivity contribution in [3.05, 3.63) is 65.2 Å². The molecule has 0 aliphatic carbocycles. The second-order valence-corrected chi connectivity index (χ2v) is 6.79. The molecule has 2 aromatic rings. The van der Waals surface area contributed by atoms with E-state index in [1.165, 1.54) is 5.56 Å². The predicted octanol–water partition coefficient (Wildman–Crippen LogP) is 2.77. The minimum absolute atomic E-state index is 0.000441. The number of carbonyl (C=O) groups is 1. The van der Waals surface area contributed by atoms with Gasteiger partial charge < -0.3 is 14.8 Å². The van der Waals surface area contributed by atoms with Crippen molar-refractivity contribution in [3.8, 4) is 5.75 Å². The molecule has 1 atom stereocenters. The maximum absolute atomic E-state index is 12.6.